The van der Waals surface area contributed by atoms with Crippen LogP contribution in [-0.4, -0.2) is 23.2 Å². The summed E-state index contributed by atoms with van der Waals surface area (Å²) in [7, 11) is 1.59. The topological polar surface area (TPSA) is 103 Å². The molecule has 1 aromatic carbocycles. The first-order valence-electron chi connectivity index (χ1n) is 9.01. The maximum absolute atomic E-state index is 12.6. The van der Waals surface area contributed by atoms with Crippen molar-refractivity contribution in [2.75, 3.05) is 7.11 Å². The summed E-state index contributed by atoms with van der Waals surface area (Å²) in [6.45, 7) is 3.99. The smallest absolute Gasteiger partial charge is 0.251 e. The van der Waals surface area contributed by atoms with E-state index < -0.39 is 5.54 Å². The van der Waals surface area contributed by atoms with Crippen LogP contribution in [0.1, 0.15) is 67.6 Å². The Labute approximate surface area is 165 Å². The van der Waals surface area contributed by atoms with Gasteiger partial charge in [-0.1, -0.05) is 31.8 Å². The van der Waals surface area contributed by atoms with Gasteiger partial charge in [-0.2, -0.15) is 4.98 Å². The van der Waals surface area contributed by atoms with Crippen LogP contribution in [0.4, 0.5) is 0 Å². The molecule has 1 fully saturated rings. The van der Waals surface area contributed by atoms with Crippen LogP contribution in [0, 0.1) is 5.92 Å². The van der Waals surface area contributed by atoms with Crippen molar-refractivity contribution in [3.63, 3.8) is 0 Å². The molecule has 2 aromatic rings. The standard InChI is InChI=1S/C19H26N4O3.ClH/c1-12(2)15(21-16(24)13-6-8-14(25-3)9-7-13)17-22-18(23-26-17)19(20)10-4-5-11-19;/h6-9,12,15H,4-5,10-11,20H2,1-3H3,(H,21,24);1H. The molecule has 1 saturated carbocycles. The average Bonchev–Trinajstić information content (AvgIpc) is 3.29. The minimum Gasteiger partial charge on any atom is -0.497 e. The summed E-state index contributed by atoms with van der Waals surface area (Å²) in [5.74, 6) is 1.52. The fourth-order valence-corrected chi connectivity index (χ4v) is 3.27. The van der Waals surface area contributed by atoms with Crippen molar-refractivity contribution < 1.29 is 14.1 Å². The molecule has 1 atom stereocenters. The van der Waals surface area contributed by atoms with E-state index in [4.69, 9.17) is 15.0 Å². The molecule has 1 aliphatic carbocycles. The molecule has 1 amide bonds. The molecule has 1 aliphatic rings. The molecule has 3 rings (SSSR count). The summed E-state index contributed by atoms with van der Waals surface area (Å²) in [6, 6.07) is 6.57. The van der Waals surface area contributed by atoms with Crippen LogP contribution in [0.25, 0.3) is 0 Å². The van der Waals surface area contributed by atoms with E-state index in [1.165, 1.54) is 0 Å². The largest absolute Gasteiger partial charge is 0.497 e. The zero-order chi connectivity index (χ0) is 18.7. The van der Waals surface area contributed by atoms with Gasteiger partial charge in [-0.3, -0.25) is 4.79 Å². The van der Waals surface area contributed by atoms with Crippen LogP contribution in [0.2, 0.25) is 0 Å². The minimum absolute atomic E-state index is 0. The lowest BCUT2D eigenvalue weighted by molar-refractivity contribution is 0.0914. The summed E-state index contributed by atoms with van der Waals surface area (Å²) in [5.41, 5.74) is 6.44. The van der Waals surface area contributed by atoms with Crippen molar-refractivity contribution >= 4 is 18.3 Å². The highest BCUT2D eigenvalue weighted by molar-refractivity contribution is 5.94. The number of benzene rings is 1. The Morgan fingerprint density at radius 1 is 1.26 bits per heavy atom. The van der Waals surface area contributed by atoms with E-state index in [9.17, 15) is 4.79 Å². The zero-order valence-electron chi connectivity index (χ0n) is 15.9. The zero-order valence-corrected chi connectivity index (χ0v) is 16.7. The van der Waals surface area contributed by atoms with Crippen molar-refractivity contribution in [2.45, 2.75) is 51.1 Å². The number of halogens is 1. The minimum atomic E-state index is -0.511. The lowest BCUT2D eigenvalue weighted by Gasteiger charge is -2.20. The number of amides is 1. The van der Waals surface area contributed by atoms with Gasteiger partial charge in [0, 0.05) is 5.56 Å². The summed E-state index contributed by atoms with van der Waals surface area (Å²) in [6.07, 6.45) is 3.86. The normalized spacial score (nSPS) is 16.6. The van der Waals surface area contributed by atoms with Crippen molar-refractivity contribution in [1.82, 2.24) is 15.5 Å². The quantitative estimate of drug-likeness (QED) is 0.778. The van der Waals surface area contributed by atoms with Gasteiger partial charge in [0.25, 0.3) is 5.91 Å². The predicted octanol–water partition coefficient (Wildman–Crippen LogP) is 3.36. The van der Waals surface area contributed by atoms with E-state index in [2.05, 4.69) is 15.5 Å². The van der Waals surface area contributed by atoms with Crippen LogP contribution in [0.15, 0.2) is 28.8 Å². The molecular formula is C19H27ClN4O3. The summed E-state index contributed by atoms with van der Waals surface area (Å²) < 4.78 is 10.6. The lowest BCUT2D eigenvalue weighted by Crippen LogP contribution is -2.35. The van der Waals surface area contributed by atoms with Crippen LogP contribution < -0.4 is 15.8 Å². The van der Waals surface area contributed by atoms with Crippen LogP contribution in [0.3, 0.4) is 0 Å². The third-order valence-corrected chi connectivity index (χ3v) is 4.95. The number of nitrogens with two attached hydrogens (primary N) is 1. The fourth-order valence-electron chi connectivity index (χ4n) is 3.27. The molecular weight excluding hydrogens is 368 g/mol. The number of methoxy groups -OCH3 is 1. The van der Waals surface area contributed by atoms with Crippen LogP contribution in [-0.2, 0) is 5.54 Å². The van der Waals surface area contributed by atoms with E-state index in [0.717, 1.165) is 25.7 Å². The molecule has 1 aromatic heterocycles. The molecule has 0 aliphatic heterocycles. The monoisotopic (exact) mass is 394 g/mol. The van der Waals surface area contributed by atoms with Crippen molar-refractivity contribution in [1.29, 1.82) is 0 Å². The van der Waals surface area contributed by atoms with Gasteiger partial charge in [-0.25, -0.2) is 0 Å². The Balaban J connectivity index is 0.00000261. The number of hydrogen-bond acceptors (Lipinski definition) is 6. The molecule has 0 bridgehead atoms. The highest BCUT2D eigenvalue weighted by Crippen LogP contribution is 2.35. The molecule has 0 radical (unpaired) electrons. The fraction of sp³-hybridized carbons (Fsp3) is 0.526. The molecule has 3 N–H and O–H groups in total. The van der Waals surface area contributed by atoms with Crippen LogP contribution >= 0.6 is 12.4 Å². The SMILES string of the molecule is COc1ccc(C(=O)NC(c2nc(C3(N)CCCC3)no2)C(C)C)cc1.Cl. The molecule has 0 spiro atoms. The summed E-state index contributed by atoms with van der Waals surface area (Å²) >= 11 is 0. The van der Waals surface area contributed by atoms with Gasteiger partial charge in [0.05, 0.1) is 12.6 Å². The number of nitrogens with zero attached hydrogens (tertiary/aromatic N) is 2. The predicted molar refractivity (Wildman–Crippen MR) is 104 cm³/mol. The van der Waals surface area contributed by atoms with Crippen LogP contribution in [0.5, 0.6) is 5.75 Å². The van der Waals surface area contributed by atoms with Crippen molar-refractivity contribution in [3.8, 4) is 5.75 Å². The Bertz CT molecular complexity index is 755. The summed E-state index contributed by atoms with van der Waals surface area (Å²) in [4.78, 5) is 17.1. The maximum Gasteiger partial charge on any atom is 0.251 e. The Kier molecular flexibility index (Phi) is 6.84. The third-order valence-electron chi connectivity index (χ3n) is 4.95. The molecule has 1 unspecified atom stereocenters. The molecule has 7 nitrogen and oxygen atoms in total. The van der Waals surface area contributed by atoms with Crippen molar-refractivity contribution in [2.24, 2.45) is 11.7 Å². The van der Waals surface area contributed by atoms with Gasteiger partial charge in [0.2, 0.25) is 5.89 Å². The summed E-state index contributed by atoms with van der Waals surface area (Å²) in [5, 5.41) is 7.08. The van der Waals surface area contributed by atoms with Gasteiger partial charge in [-0.15, -0.1) is 12.4 Å². The first-order valence-corrected chi connectivity index (χ1v) is 9.01. The second kappa shape index (κ2) is 8.71. The number of rotatable bonds is 6. The third kappa shape index (κ3) is 4.59. The molecule has 148 valence electrons. The Morgan fingerprint density at radius 3 is 2.44 bits per heavy atom. The van der Waals surface area contributed by atoms with E-state index >= 15 is 0 Å². The second-order valence-corrected chi connectivity index (χ2v) is 7.24. The van der Waals surface area contributed by atoms with Gasteiger partial charge in [0.1, 0.15) is 11.8 Å². The number of carbonyl (C=O) groups excluding carboxylic acids is 1. The Morgan fingerprint density at radius 2 is 1.89 bits per heavy atom. The first kappa shape index (κ1) is 21.2. The highest BCUT2D eigenvalue weighted by atomic mass is 35.5. The molecule has 8 heteroatoms. The van der Waals surface area contributed by atoms with E-state index in [1.807, 2.05) is 13.8 Å². The van der Waals surface area contributed by atoms with Gasteiger partial charge in [0.15, 0.2) is 5.82 Å². The van der Waals surface area contributed by atoms with Gasteiger partial charge >= 0.3 is 0 Å². The van der Waals surface area contributed by atoms with Gasteiger partial charge < -0.3 is 20.3 Å². The molecule has 1 heterocycles. The second-order valence-electron chi connectivity index (χ2n) is 7.24. The number of ether oxygens (including phenoxy) is 1. The molecule has 27 heavy (non-hydrogen) atoms. The number of hydrogen-bond donors (Lipinski definition) is 2. The molecule has 0 saturated heterocycles. The van der Waals surface area contributed by atoms with Crippen molar-refractivity contribution in [3.05, 3.63) is 41.5 Å². The van der Waals surface area contributed by atoms with E-state index in [1.54, 1.807) is 31.4 Å². The first-order chi connectivity index (χ1) is 12.4. The number of carbonyl (C=O) groups is 1. The van der Waals surface area contributed by atoms with Gasteiger partial charge in [-0.05, 0) is 43.0 Å². The Hall–Kier alpha value is -2.12. The van der Waals surface area contributed by atoms with E-state index in [-0.39, 0.29) is 30.3 Å². The lowest BCUT2D eigenvalue weighted by atomic mass is 9.98. The number of nitrogens with one attached hydrogen (secondary N) is 1. The highest BCUT2D eigenvalue weighted by Gasteiger charge is 2.37. The average molecular weight is 395 g/mol. The van der Waals surface area contributed by atoms with E-state index in [0.29, 0.717) is 23.0 Å². The maximum atomic E-state index is 12.6. The number of aromatic nitrogens is 2.